The third-order valence-corrected chi connectivity index (χ3v) is 8.57. The number of ether oxygens (including phenoxy) is 1. The van der Waals surface area contributed by atoms with E-state index in [4.69, 9.17) is 4.74 Å². The highest BCUT2D eigenvalue weighted by molar-refractivity contribution is 14.1. The molecule has 0 radical (unpaired) electrons. The van der Waals surface area contributed by atoms with Gasteiger partial charge in [0.25, 0.3) is 0 Å². The lowest BCUT2D eigenvalue weighted by molar-refractivity contribution is 0.135. The largest absolute Gasteiger partial charge is 0.508 e. The minimum Gasteiger partial charge on any atom is -0.508 e. The number of hydrogen-bond acceptors (Lipinski definition) is 2. The maximum atomic E-state index is 9.68. The molecule has 0 spiro atoms. The summed E-state index contributed by atoms with van der Waals surface area (Å²) in [5, 5.41) is 9.68. The van der Waals surface area contributed by atoms with Crippen LogP contribution in [-0.4, -0.2) is 19.7 Å². The number of rotatable bonds is 3. The Balaban J connectivity index is 1.79. The molecule has 3 unspecified atom stereocenters. The van der Waals surface area contributed by atoms with Crippen molar-refractivity contribution >= 4 is 45.2 Å². The molecule has 0 amide bonds. The van der Waals surface area contributed by atoms with E-state index in [-0.39, 0.29) is 3.61 Å². The fourth-order valence-corrected chi connectivity index (χ4v) is 4.67. The molecule has 0 heterocycles. The van der Waals surface area contributed by atoms with Crippen LogP contribution in [0.15, 0.2) is 42.0 Å². The topological polar surface area (TPSA) is 29.5 Å². The van der Waals surface area contributed by atoms with E-state index in [0.717, 1.165) is 12.8 Å². The van der Waals surface area contributed by atoms with Gasteiger partial charge in [-0.2, -0.15) is 0 Å². The van der Waals surface area contributed by atoms with Gasteiger partial charge in [0.05, 0.1) is 3.92 Å². The van der Waals surface area contributed by atoms with Crippen molar-refractivity contribution in [3.63, 3.8) is 0 Å². The average Bonchev–Trinajstić information content (AvgIpc) is 2.51. The number of aryl methyl sites for hydroxylation is 1. The van der Waals surface area contributed by atoms with Crippen molar-refractivity contribution in [1.82, 2.24) is 0 Å². The lowest BCUT2D eigenvalue weighted by Crippen LogP contribution is -2.32. The van der Waals surface area contributed by atoms with Gasteiger partial charge in [0.2, 0.25) is 0 Å². The summed E-state index contributed by atoms with van der Waals surface area (Å²) in [4.78, 5) is 0. The number of methoxy groups -OCH3 is 1. The number of phenols is 1. The monoisotopic (exact) mass is 522 g/mol. The molecular weight excluding hydrogens is 502 g/mol. The summed E-state index contributed by atoms with van der Waals surface area (Å²) in [6.45, 7) is 0. The van der Waals surface area contributed by atoms with Crippen LogP contribution in [-0.2, 0) is 11.2 Å². The van der Waals surface area contributed by atoms with Crippen LogP contribution in [0.4, 0.5) is 0 Å². The molecule has 0 saturated carbocycles. The van der Waals surface area contributed by atoms with E-state index >= 15 is 0 Å². The number of allylic oxidation sites excluding steroid dienone is 2. The van der Waals surface area contributed by atoms with Crippen molar-refractivity contribution in [2.75, 3.05) is 7.11 Å². The van der Waals surface area contributed by atoms with Gasteiger partial charge in [-0.25, -0.2) is 0 Å². The van der Waals surface area contributed by atoms with Crippen LogP contribution >= 0.6 is 45.2 Å². The predicted octanol–water partition coefficient (Wildman–Crippen LogP) is 5.28. The van der Waals surface area contributed by atoms with Crippen LogP contribution < -0.4 is 0 Å². The van der Waals surface area contributed by atoms with E-state index in [9.17, 15) is 5.11 Å². The molecule has 0 bridgehead atoms. The van der Waals surface area contributed by atoms with Gasteiger partial charge in [0, 0.05) is 7.11 Å². The molecule has 3 atom stereocenters. The van der Waals surface area contributed by atoms with Crippen molar-refractivity contribution in [3.05, 3.63) is 53.1 Å². The summed E-state index contributed by atoms with van der Waals surface area (Å²) in [5.74, 6) is 0.950. The highest BCUT2D eigenvalue weighted by Gasteiger charge is 2.33. The number of aromatic hydroxyl groups is 1. The van der Waals surface area contributed by atoms with Gasteiger partial charge in [-0.05, 0) is 83.5 Å². The number of halogens is 2. The molecule has 1 N–H and O–H groups in total. The highest BCUT2D eigenvalue weighted by Crippen LogP contribution is 2.41. The number of benzene rings is 1. The highest BCUT2D eigenvalue weighted by atomic mass is 127. The third kappa shape index (κ3) is 3.38. The molecule has 0 aromatic heterocycles. The molecule has 4 heteroatoms. The normalized spacial score (nSPS) is 30.8. The van der Waals surface area contributed by atoms with Gasteiger partial charge in [0.1, 0.15) is 5.75 Å². The first-order valence-corrected chi connectivity index (χ1v) is 9.94. The van der Waals surface area contributed by atoms with Gasteiger partial charge in [-0.1, -0.05) is 46.4 Å². The molecule has 2 aliphatic carbocycles. The van der Waals surface area contributed by atoms with Crippen LogP contribution in [0, 0.1) is 0 Å². The van der Waals surface area contributed by atoms with Crippen LogP contribution in [0.25, 0.3) is 0 Å². The molecule has 22 heavy (non-hydrogen) atoms. The standard InChI is InChI=1S/C18H20I2O2/c1-22-18(20)8-7-12(10-17(18)19)9-13-3-2-4-14-11-15(21)5-6-16(13)14/h5-8,10-11,13,17,21H,2-4,9H2,1H3. The Morgan fingerprint density at radius 3 is 2.95 bits per heavy atom. The average molecular weight is 522 g/mol. The Labute approximate surface area is 159 Å². The molecule has 0 saturated heterocycles. The van der Waals surface area contributed by atoms with Gasteiger partial charge >= 0.3 is 0 Å². The number of fused-ring (bicyclic) bond motifs is 1. The van der Waals surface area contributed by atoms with Gasteiger partial charge in [-0.15, -0.1) is 0 Å². The molecule has 1 aromatic rings. The number of hydrogen-bond donors (Lipinski definition) is 1. The molecule has 0 fully saturated rings. The number of phenolic OH excluding ortho intramolecular Hbond substituents is 1. The summed E-state index contributed by atoms with van der Waals surface area (Å²) in [6, 6.07) is 5.87. The van der Waals surface area contributed by atoms with E-state index in [2.05, 4.69) is 69.5 Å². The van der Waals surface area contributed by atoms with Crippen molar-refractivity contribution in [1.29, 1.82) is 0 Å². The van der Waals surface area contributed by atoms with Gasteiger partial charge in [0.15, 0.2) is 3.61 Å². The van der Waals surface area contributed by atoms with E-state index in [1.165, 1.54) is 29.5 Å². The van der Waals surface area contributed by atoms with Crippen LogP contribution in [0.1, 0.15) is 36.3 Å². The zero-order valence-electron chi connectivity index (χ0n) is 12.6. The second-order valence-electron chi connectivity index (χ2n) is 6.05. The van der Waals surface area contributed by atoms with E-state index < -0.39 is 0 Å². The van der Waals surface area contributed by atoms with Crippen molar-refractivity contribution < 1.29 is 9.84 Å². The Morgan fingerprint density at radius 1 is 1.41 bits per heavy atom. The van der Waals surface area contributed by atoms with Crippen molar-refractivity contribution in [3.8, 4) is 5.75 Å². The second-order valence-corrected chi connectivity index (χ2v) is 9.08. The zero-order chi connectivity index (χ0) is 15.7. The Kier molecular flexibility index (Phi) is 5.19. The first-order chi connectivity index (χ1) is 10.5. The Morgan fingerprint density at radius 2 is 2.23 bits per heavy atom. The molecule has 3 rings (SSSR count). The summed E-state index contributed by atoms with van der Waals surface area (Å²) in [6.07, 6.45) is 11.3. The van der Waals surface area contributed by atoms with Crippen LogP contribution in [0.2, 0.25) is 0 Å². The minimum absolute atomic E-state index is 0.224. The van der Waals surface area contributed by atoms with E-state index in [0.29, 0.717) is 15.6 Å². The molecule has 2 aliphatic rings. The Bertz CT molecular complexity index is 624. The second kappa shape index (κ2) is 6.81. The first-order valence-electron chi connectivity index (χ1n) is 7.61. The van der Waals surface area contributed by atoms with Crippen molar-refractivity contribution in [2.24, 2.45) is 0 Å². The SMILES string of the molecule is COC1(I)C=CC(CC2CCCc3cc(O)ccc32)=CC1I. The van der Waals surface area contributed by atoms with Crippen molar-refractivity contribution in [2.45, 2.75) is 39.1 Å². The first kappa shape index (κ1) is 16.8. The quantitative estimate of drug-likeness (QED) is 0.433. The molecule has 0 aliphatic heterocycles. The summed E-state index contributed by atoms with van der Waals surface area (Å²) >= 11 is 4.83. The lowest BCUT2D eigenvalue weighted by Gasteiger charge is -2.31. The number of alkyl halides is 2. The fraction of sp³-hybridized carbons (Fsp3) is 0.444. The van der Waals surface area contributed by atoms with Gasteiger partial charge < -0.3 is 9.84 Å². The molecule has 1 aromatic carbocycles. The van der Waals surface area contributed by atoms with Crippen LogP contribution in [0.3, 0.4) is 0 Å². The minimum atomic E-state index is -0.224. The molecule has 2 nitrogen and oxygen atoms in total. The third-order valence-electron chi connectivity index (χ3n) is 4.62. The molecular formula is C18H20I2O2. The fourth-order valence-electron chi connectivity index (χ4n) is 3.38. The maximum Gasteiger partial charge on any atom is 0.152 e. The molecule has 118 valence electrons. The lowest BCUT2D eigenvalue weighted by atomic mass is 9.79. The zero-order valence-corrected chi connectivity index (χ0v) is 16.9. The summed E-state index contributed by atoms with van der Waals surface area (Å²) < 4.78 is 5.74. The van der Waals surface area contributed by atoms with E-state index in [1.807, 2.05) is 12.1 Å². The summed E-state index contributed by atoms with van der Waals surface area (Å²) in [7, 11) is 1.77. The Hall–Kier alpha value is -0.0800. The maximum absolute atomic E-state index is 9.68. The smallest absolute Gasteiger partial charge is 0.152 e. The van der Waals surface area contributed by atoms with Gasteiger partial charge in [-0.3, -0.25) is 0 Å². The predicted molar refractivity (Wildman–Crippen MR) is 107 cm³/mol. The van der Waals surface area contributed by atoms with E-state index in [1.54, 1.807) is 7.11 Å². The summed E-state index contributed by atoms with van der Waals surface area (Å²) in [5.41, 5.74) is 4.14. The van der Waals surface area contributed by atoms with Crippen LogP contribution in [0.5, 0.6) is 5.75 Å².